The lowest BCUT2D eigenvalue weighted by atomic mass is 10.2. The van der Waals surface area contributed by atoms with E-state index in [4.69, 9.17) is 39.5 Å². The average molecular weight is 498 g/mol. The van der Waals surface area contributed by atoms with E-state index < -0.39 is 42.6 Å². The second-order valence-electron chi connectivity index (χ2n) is 6.08. The third kappa shape index (κ3) is 7.93. The molecule has 0 bridgehead atoms. The zero-order chi connectivity index (χ0) is 23.2. The fraction of sp³-hybridized carbons (Fsp3) is 0.211. The Morgan fingerprint density at radius 2 is 1.52 bits per heavy atom. The smallest absolute Gasteiger partial charge is 0.416 e. The largest absolute Gasteiger partial charge is 0.456 e. The molecular weight excluding hydrogens is 484 g/mol. The standard InChI is InChI=1S/C19H14Cl3F3N2O4/c20-12-4-2-11(8-14(12)22)26-17(29)9-31-18(30)6-5-16(28)27-15-7-10(19(23,24)25)1-3-13(15)21/h1-4,7-8H,5-6,9H2,(H,26,29)(H,27,28). The van der Waals surface area contributed by atoms with E-state index in [0.717, 1.165) is 12.1 Å². The number of nitrogens with one attached hydrogen (secondary N) is 2. The highest BCUT2D eigenvalue weighted by Crippen LogP contribution is 2.33. The lowest BCUT2D eigenvalue weighted by Crippen LogP contribution is -2.22. The van der Waals surface area contributed by atoms with Crippen LogP contribution in [0.4, 0.5) is 24.5 Å². The van der Waals surface area contributed by atoms with Gasteiger partial charge in [-0.05, 0) is 36.4 Å². The Kier molecular flexibility index (Phi) is 8.55. The van der Waals surface area contributed by atoms with Crippen LogP contribution in [0.2, 0.25) is 15.1 Å². The topological polar surface area (TPSA) is 84.5 Å². The Morgan fingerprint density at radius 3 is 2.16 bits per heavy atom. The summed E-state index contributed by atoms with van der Waals surface area (Å²) in [5.41, 5.74) is -0.886. The van der Waals surface area contributed by atoms with E-state index in [1.54, 1.807) is 0 Å². The van der Waals surface area contributed by atoms with Crippen molar-refractivity contribution in [3.05, 3.63) is 57.0 Å². The van der Waals surface area contributed by atoms with E-state index in [1.807, 2.05) is 0 Å². The molecule has 0 aliphatic rings. The molecule has 12 heteroatoms. The molecule has 166 valence electrons. The molecule has 0 aliphatic carbocycles. The second-order valence-corrected chi connectivity index (χ2v) is 7.30. The van der Waals surface area contributed by atoms with Gasteiger partial charge in [-0.15, -0.1) is 0 Å². The van der Waals surface area contributed by atoms with Gasteiger partial charge in [0.1, 0.15) is 0 Å². The quantitative estimate of drug-likeness (QED) is 0.490. The van der Waals surface area contributed by atoms with Crippen molar-refractivity contribution in [2.24, 2.45) is 0 Å². The highest BCUT2D eigenvalue weighted by molar-refractivity contribution is 6.42. The predicted octanol–water partition coefficient (Wildman–Crippen LogP) is 5.57. The minimum Gasteiger partial charge on any atom is -0.456 e. The van der Waals surface area contributed by atoms with Gasteiger partial charge in [0.15, 0.2) is 6.61 Å². The maximum atomic E-state index is 12.8. The summed E-state index contributed by atoms with van der Waals surface area (Å²) in [6, 6.07) is 6.84. The van der Waals surface area contributed by atoms with Crippen molar-refractivity contribution in [3.8, 4) is 0 Å². The molecule has 0 atom stereocenters. The second kappa shape index (κ2) is 10.7. The van der Waals surface area contributed by atoms with E-state index in [0.29, 0.717) is 16.8 Å². The van der Waals surface area contributed by atoms with Gasteiger partial charge in [0.25, 0.3) is 5.91 Å². The summed E-state index contributed by atoms with van der Waals surface area (Å²) < 4.78 is 43.0. The third-order valence-corrected chi connectivity index (χ3v) is 4.76. The van der Waals surface area contributed by atoms with Crippen LogP contribution in [0.25, 0.3) is 0 Å². The molecule has 0 saturated heterocycles. The van der Waals surface area contributed by atoms with Crippen LogP contribution in [0.3, 0.4) is 0 Å². The Morgan fingerprint density at radius 1 is 0.839 bits per heavy atom. The van der Waals surface area contributed by atoms with Crippen LogP contribution in [-0.4, -0.2) is 24.4 Å². The molecular formula is C19H14Cl3F3N2O4. The van der Waals surface area contributed by atoms with E-state index in [1.165, 1.54) is 18.2 Å². The van der Waals surface area contributed by atoms with Crippen LogP contribution >= 0.6 is 34.8 Å². The van der Waals surface area contributed by atoms with E-state index >= 15 is 0 Å². The van der Waals surface area contributed by atoms with Crippen LogP contribution in [0.1, 0.15) is 18.4 Å². The normalized spacial score (nSPS) is 11.0. The number of benzene rings is 2. The third-order valence-electron chi connectivity index (χ3n) is 3.69. The first kappa shape index (κ1) is 24.8. The van der Waals surface area contributed by atoms with E-state index in [2.05, 4.69) is 10.6 Å². The first-order chi connectivity index (χ1) is 14.5. The molecule has 0 saturated carbocycles. The minimum absolute atomic E-state index is 0.0945. The molecule has 2 amide bonds. The van der Waals surface area contributed by atoms with Crippen molar-refractivity contribution >= 4 is 64.0 Å². The van der Waals surface area contributed by atoms with Gasteiger partial charge in [0.05, 0.1) is 32.7 Å². The molecule has 0 fully saturated rings. The SMILES string of the molecule is O=C(COC(=O)CCC(=O)Nc1cc(C(F)(F)F)ccc1Cl)Nc1ccc(Cl)c(Cl)c1. The van der Waals surface area contributed by atoms with Crippen molar-refractivity contribution in [1.82, 2.24) is 0 Å². The molecule has 2 N–H and O–H groups in total. The molecule has 6 nitrogen and oxygen atoms in total. The van der Waals surface area contributed by atoms with Gasteiger partial charge in [-0.3, -0.25) is 14.4 Å². The van der Waals surface area contributed by atoms with E-state index in [-0.39, 0.29) is 22.2 Å². The Hall–Kier alpha value is -2.49. The van der Waals surface area contributed by atoms with Crippen molar-refractivity contribution < 1.29 is 32.3 Å². The highest BCUT2D eigenvalue weighted by Gasteiger charge is 2.31. The van der Waals surface area contributed by atoms with Gasteiger partial charge >= 0.3 is 12.1 Å². The Labute approximate surface area is 189 Å². The zero-order valence-electron chi connectivity index (χ0n) is 15.5. The first-order valence-corrected chi connectivity index (χ1v) is 9.66. The van der Waals surface area contributed by atoms with Crippen LogP contribution in [0.15, 0.2) is 36.4 Å². The lowest BCUT2D eigenvalue weighted by molar-refractivity contribution is -0.147. The van der Waals surface area contributed by atoms with Gasteiger partial charge in [-0.1, -0.05) is 34.8 Å². The minimum atomic E-state index is -4.61. The number of carbonyl (C=O) groups is 3. The molecule has 2 aromatic carbocycles. The number of hydrogen-bond donors (Lipinski definition) is 2. The van der Waals surface area contributed by atoms with Gasteiger partial charge in [0, 0.05) is 12.1 Å². The van der Waals surface area contributed by atoms with Crippen molar-refractivity contribution in [1.29, 1.82) is 0 Å². The maximum absolute atomic E-state index is 12.8. The van der Waals surface area contributed by atoms with Gasteiger partial charge in [-0.25, -0.2) is 0 Å². The monoisotopic (exact) mass is 496 g/mol. The molecule has 0 aromatic heterocycles. The van der Waals surface area contributed by atoms with Crippen molar-refractivity contribution in [2.45, 2.75) is 19.0 Å². The Balaban J connectivity index is 1.79. The van der Waals surface area contributed by atoms with Crippen molar-refractivity contribution in [3.63, 3.8) is 0 Å². The zero-order valence-corrected chi connectivity index (χ0v) is 17.8. The van der Waals surface area contributed by atoms with Gasteiger partial charge < -0.3 is 15.4 Å². The molecule has 2 aromatic rings. The number of ether oxygens (including phenoxy) is 1. The molecule has 0 unspecified atom stereocenters. The number of alkyl halides is 3. The summed E-state index contributed by atoms with van der Waals surface area (Å²) in [4.78, 5) is 35.4. The summed E-state index contributed by atoms with van der Waals surface area (Å²) in [6.07, 6.45) is -5.39. The lowest BCUT2D eigenvalue weighted by Gasteiger charge is -2.11. The predicted molar refractivity (Wildman–Crippen MR) is 110 cm³/mol. The Bertz CT molecular complexity index is 1000. The molecule has 31 heavy (non-hydrogen) atoms. The summed E-state index contributed by atoms with van der Waals surface area (Å²) in [6.45, 7) is -0.611. The molecule has 0 aliphatic heterocycles. The summed E-state index contributed by atoms with van der Waals surface area (Å²) in [5, 5.41) is 5.08. The molecule has 0 heterocycles. The van der Waals surface area contributed by atoms with Crippen LogP contribution in [0, 0.1) is 0 Å². The number of carbonyl (C=O) groups excluding carboxylic acids is 3. The fourth-order valence-electron chi connectivity index (χ4n) is 2.21. The van der Waals surface area contributed by atoms with Crippen molar-refractivity contribution in [2.75, 3.05) is 17.2 Å². The number of anilines is 2. The van der Waals surface area contributed by atoms with Crippen LogP contribution in [0.5, 0.6) is 0 Å². The molecule has 0 spiro atoms. The fourth-order valence-corrected chi connectivity index (χ4v) is 2.68. The van der Waals surface area contributed by atoms with Crippen LogP contribution < -0.4 is 10.6 Å². The maximum Gasteiger partial charge on any atom is 0.416 e. The number of rotatable bonds is 7. The number of esters is 1. The summed E-state index contributed by atoms with van der Waals surface area (Å²) in [5.74, 6) is -2.25. The van der Waals surface area contributed by atoms with Gasteiger partial charge in [0.2, 0.25) is 5.91 Å². The summed E-state index contributed by atoms with van der Waals surface area (Å²) >= 11 is 17.4. The highest BCUT2D eigenvalue weighted by atomic mass is 35.5. The van der Waals surface area contributed by atoms with Gasteiger partial charge in [-0.2, -0.15) is 13.2 Å². The van der Waals surface area contributed by atoms with Crippen LogP contribution in [-0.2, 0) is 25.3 Å². The van der Waals surface area contributed by atoms with E-state index in [9.17, 15) is 27.6 Å². The number of amides is 2. The number of halogens is 6. The number of hydrogen-bond acceptors (Lipinski definition) is 4. The molecule has 0 radical (unpaired) electrons. The average Bonchev–Trinajstić information content (AvgIpc) is 2.68. The molecule has 2 rings (SSSR count). The summed E-state index contributed by atoms with van der Waals surface area (Å²) in [7, 11) is 0. The first-order valence-electron chi connectivity index (χ1n) is 8.53.